The van der Waals surface area contributed by atoms with E-state index in [9.17, 15) is 4.79 Å². The van der Waals surface area contributed by atoms with Crippen LogP contribution in [0.1, 0.15) is 48.2 Å². The minimum absolute atomic E-state index is 0.0779. The van der Waals surface area contributed by atoms with Gasteiger partial charge in [-0.2, -0.15) is 0 Å². The quantitative estimate of drug-likeness (QED) is 0.907. The van der Waals surface area contributed by atoms with E-state index in [4.69, 9.17) is 9.72 Å². The first kappa shape index (κ1) is 13.1. The van der Waals surface area contributed by atoms with Crippen LogP contribution in [0.25, 0.3) is 0 Å². The van der Waals surface area contributed by atoms with Crippen molar-refractivity contribution in [2.45, 2.75) is 31.1 Å². The molecule has 4 rings (SSSR count). The standard InChI is InChI=1S/C16H15BrN2O2/c17-13-14(9-5-6-9)18-15(19-16(13)20)11-7-8-21-12-4-2-1-3-10(11)12/h1-4,9,11H,5-8H2,(H,18,19,20). The van der Waals surface area contributed by atoms with Gasteiger partial charge in [0.2, 0.25) is 0 Å². The average molecular weight is 347 g/mol. The molecule has 1 atom stereocenters. The number of ether oxygens (including phenoxy) is 1. The molecule has 0 amide bonds. The number of rotatable bonds is 2. The molecule has 1 aliphatic heterocycles. The summed E-state index contributed by atoms with van der Waals surface area (Å²) >= 11 is 3.38. The Hall–Kier alpha value is -1.62. The minimum Gasteiger partial charge on any atom is -0.493 e. The molecule has 2 aromatic rings. The summed E-state index contributed by atoms with van der Waals surface area (Å²) in [4.78, 5) is 19.9. The van der Waals surface area contributed by atoms with Crippen molar-refractivity contribution in [2.75, 3.05) is 6.61 Å². The molecule has 21 heavy (non-hydrogen) atoms. The Kier molecular flexibility index (Phi) is 3.10. The molecule has 4 nitrogen and oxygen atoms in total. The van der Waals surface area contributed by atoms with Gasteiger partial charge in [-0.15, -0.1) is 0 Å². The molecule has 108 valence electrons. The maximum atomic E-state index is 12.2. The van der Waals surface area contributed by atoms with Crippen LogP contribution in [-0.2, 0) is 0 Å². The van der Waals surface area contributed by atoms with Gasteiger partial charge in [-0.3, -0.25) is 4.79 Å². The fraction of sp³-hybridized carbons (Fsp3) is 0.375. The van der Waals surface area contributed by atoms with Crippen LogP contribution in [-0.4, -0.2) is 16.6 Å². The predicted molar refractivity (Wildman–Crippen MR) is 82.9 cm³/mol. The van der Waals surface area contributed by atoms with E-state index < -0.39 is 0 Å². The maximum Gasteiger partial charge on any atom is 0.265 e. The van der Waals surface area contributed by atoms with Crippen LogP contribution in [0.15, 0.2) is 33.5 Å². The summed E-state index contributed by atoms with van der Waals surface area (Å²) in [6.07, 6.45) is 3.09. The molecule has 1 unspecified atom stereocenters. The third kappa shape index (κ3) is 2.29. The summed E-state index contributed by atoms with van der Waals surface area (Å²) in [6.45, 7) is 0.653. The van der Waals surface area contributed by atoms with Crippen molar-refractivity contribution in [1.29, 1.82) is 0 Å². The zero-order valence-corrected chi connectivity index (χ0v) is 13.0. The van der Waals surface area contributed by atoms with Crippen LogP contribution in [0, 0.1) is 0 Å². The summed E-state index contributed by atoms with van der Waals surface area (Å²) in [5.41, 5.74) is 1.94. The van der Waals surface area contributed by atoms with E-state index in [0.717, 1.165) is 42.1 Å². The van der Waals surface area contributed by atoms with Crippen LogP contribution in [0.2, 0.25) is 0 Å². The monoisotopic (exact) mass is 346 g/mol. The Balaban J connectivity index is 1.83. The van der Waals surface area contributed by atoms with Gasteiger partial charge in [0.1, 0.15) is 16.0 Å². The van der Waals surface area contributed by atoms with Crippen LogP contribution in [0.5, 0.6) is 5.75 Å². The number of para-hydroxylation sites is 1. The molecule has 0 radical (unpaired) electrons. The summed E-state index contributed by atoms with van der Waals surface area (Å²) in [7, 11) is 0. The topological polar surface area (TPSA) is 55.0 Å². The summed E-state index contributed by atoms with van der Waals surface area (Å²) < 4.78 is 6.28. The number of fused-ring (bicyclic) bond motifs is 1. The van der Waals surface area contributed by atoms with E-state index in [0.29, 0.717) is 17.0 Å². The number of nitrogens with zero attached hydrogens (tertiary/aromatic N) is 1. The predicted octanol–water partition coefficient (Wildman–Crippen LogP) is 3.32. The Bertz CT molecular complexity index is 752. The van der Waals surface area contributed by atoms with Gasteiger partial charge in [0.05, 0.1) is 12.3 Å². The molecule has 1 fully saturated rings. The first-order chi connectivity index (χ1) is 10.2. The van der Waals surface area contributed by atoms with Crippen molar-refractivity contribution in [1.82, 2.24) is 9.97 Å². The van der Waals surface area contributed by atoms with Gasteiger partial charge >= 0.3 is 0 Å². The van der Waals surface area contributed by atoms with E-state index in [2.05, 4.69) is 27.0 Å². The molecule has 0 bridgehead atoms. The molecule has 5 heteroatoms. The van der Waals surface area contributed by atoms with Crippen molar-refractivity contribution < 1.29 is 4.74 Å². The van der Waals surface area contributed by atoms with Crippen LogP contribution < -0.4 is 10.3 Å². The lowest BCUT2D eigenvalue weighted by Gasteiger charge is -2.25. The molecule has 0 spiro atoms. The first-order valence-corrected chi connectivity index (χ1v) is 8.04. The molecule has 1 N–H and O–H groups in total. The van der Waals surface area contributed by atoms with Crippen LogP contribution in [0.3, 0.4) is 0 Å². The normalized spacial score (nSPS) is 20.7. The van der Waals surface area contributed by atoms with Crippen LogP contribution in [0.4, 0.5) is 0 Å². The van der Waals surface area contributed by atoms with E-state index in [-0.39, 0.29) is 11.5 Å². The molecule has 1 aromatic heterocycles. The highest BCUT2D eigenvalue weighted by Crippen LogP contribution is 2.42. The fourth-order valence-electron chi connectivity index (χ4n) is 2.91. The van der Waals surface area contributed by atoms with Gasteiger partial charge < -0.3 is 9.72 Å². The van der Waals surface area contributed by atoms with Crippen molar-refractivity contribution in [2.24, 2.45) is 0 Å². The molecular weight excluding hydrogens is 332 g/mol. The number of H-pyrrole nitrogens is 1. The lowest BCUT2D eigenvalue weighted by Crippen LogP contribution is -2.22. The lowest BCUT2D eigenvalue weighted by atomic mass is 9.92. The maximum absolute atomic E-state index is 12.2. The number of aromatic nitrogens is 2. The Morgan fingerprint density at radius 2 is 2.05 bits per heavy atom. The van der Waals surface area contributed by atoms with Gasteiger partial charge in [-0.1, -0.05) is 18.2 Å². The molecule has 2 aliphatic rings. The third-order valence-corrected chi connectivity index (χ3v) is 4.93. The number of benzene rings is 1. The highest BCUT2D eigenvalue weighted by Gasteiger charge is 2.31. The second-order valence-corrected chi connectivity index (χ2v) is 6.45. The molecule has 1 aromatic carbocycles. The SMILES string of the molecule is O=c1[nH]c(C2CCOc3ccccc32)nc(C2CC2)c1Br. The second-order valence-electron chi connectivity index (χ2n) is 5.65. The zero-order valence-electron chi connectivity index (χ0n) is 11.4. The Morgan fingerprint density at radius 3 is 2.86 bits per heavy atom. The van der Waals surface area contributed by atoms with E-state index >= 15 is 0 Å². The van der Waals surface area contributed by atoms with E-state index in [1.165, 1.54) is 0 Å². The first-order valence-electron chi connectivity index (χ1n) is 7.25. The van der Waals surface area contributed by atoms with Crippen molar-refractivity contribution in [3.8, 4) is 5.75 Å². The van der Waals surface area contributed by atoms with Crippen molar-refractivity contribution >= 4 is 15.9 Å². The van der Waals surface area contributed by atoms with Gasteiger partial charge in [0.15, 0.2) is 0 Å². The average Bonchev–Trinajstić information content (AvgIpc) is 3.34. The van der Waals surface area contributed by atoms with Gasteiger partial charge in [0, 0.05) is 17.4 Å². The molecule has 1 aliphatic carbocycles. The number of nitrogens with one attached hydrogen (secondary N) is 1. The fourth-order valence-corrected chi connectivity index (χ4v) is 3.42. The summed E-state index contributed by atoms with van der Waals surface area (Å²) in [6, 6.07) is 7.99. The lowest BCUT2D eigenvalue weighted by molar-refractivity contribution is 0.274. The molecule has 1 saturated carbocycles. The summed E-state index contributed by atoms with van der Waals surface area (Å²) in [5, 5.41) is 0. The largest absolute Gasteiger partial charge is 0.493 e. The van der Waals surface area contributed by atoms with Gasteiger partial charge in [-0.05, 0) is 41.3 Å². The van der Waals surface area contributed by atoms with Gasteiger partial charge in [-0.25, -0.2) is 4.98 Å². The number of halogens is 1. The van der Waals surface area contributed by atoms with E-state index in [1.807, 2.05) is 18.2 Å². The smallest absolute Gasteiger partial charge is 0.265 e. The third-order valence-electron chi connectivity index (χ3n) is 4.16. The van der Waals surface area contributed by atoms with Crippen molar-refractivity contribution in [3.63, 3.8) is 0 Å². The number of aromatic amines is 1. The van der Waals surface area contributed by atoms with E-state index in [1.54, 1.807) is 0 Å². The summed E-state index contributed by atoms with van der Waals surface area (Å²) in [5.74, 6) is 2.21. The van der Waals surface area contributed by atoms with Crippen molar-refractivity contribution in [3.05, 3.63) is 56.2 Å². The molecule has 2 heterocycles. The highest BCUT2D eigenvalue weighted by atomic mass is 79.9. The second kappa shape index (κ2) is 4.98. The Morgan fingerprint density at radius 1 is 1.24 bits per heavy atom. The number of hydrogen-bond donors (Lipinski definition) is 1. The minimum atomic E-state index is -0.0779. The van der Waals surface area contributed by atoms with Gasteiger partial charge in [0.25, 0.3) is 5.56 Å². The molecular formula is C16H15BrN2O2. The molecule has 0 saturated heterocycles. The highest BCUT2D eigenvalue weighted by molar-refractivity contribution is 9.10. The Labute approximate surface area is 130 Å². The number of hydrogen-bond acceptors (Lipinski definition) is 3. The zero-order chi connectivity index (χ0) is 14.4. The van der Waals surface area contributed by atoms with Crippen LogP contribution >= 0.6 is 15.9 Å².